The first-order valence-electron chi connectivity index (χ1n) is 5.42. The van der Waals surface area contributed by atoms with E-state index in [0.717, 1.165) is 16.2 Å². The minimum absolute atomic E-state index is 0.372. The Kier molecular flexibility index (Phi) is 3.76. The SMILES string of the molecule is Cc1ccccc1S(=O)Cc1ccc(CN)o1. The van der Waals surface area contributed by atoms with E-state index in [1.54, 1.807) is 0 Å². The number of hydrogen-bond acceptors (Lipinski definition) is 3. The van der Waals surface area contributed by atoms with Crippen LogP contribution in [0.4, 0.5) is 0 Å². The highest BCUT2D eigenvalue weighted by Gasteiger charge is 2.10. The third-order valence-electron chi connectivity index (χ3n) is 2.53. The largest absolute Gasteiger partial charge is 0.464 e. The van der Waals surface area contributed by atoms with Crippen LogP contribution < -0.4 is 5.73 Å². The van der Waals surface area contributed by atoms with Gasteiger partial charge in [-0.1, -0.05) is 18.2 Å². The average molecular weight is 249 g/mol. The Balaban J connectivity index is 2.14. The number of rotatable bonds is 4. The van der Waals surface area contributed by atoms with Crippen molar-refractivity contribution < 1.29 is 8.63 Å². The van der Waals surface area contributed by atoms with Crippen molar-refractivity contribution in [2.24, 2.45) is 5.73 Å². The molecule has 0 aliphatic heterocycles. The fourth-order valence-corrected chi connectivity index (χ4v) is 2.86. The van der Waals surface area contributed by atoms with Gasteiger partial charge in [-0.3, -0.25) is 4.21 Å². The van der Waals surface area contributed by atoms with Crippen LogP contribution in [0.2, 0.25) is 0 Å². The highest BCUT2D eigenvalue weighted by atomic mass is 32.2. The molecule has 90 valence electrons. The molecule has 1 aromatic heterocycles. The van der Waals surface area contributed by atoms with Gasteiger partial charge in [-0.25, -0.2) is 0 Å². The molecule has 4 heteroatoms. The molecule has 0 spiro atoms. The molecule has 0 radical (unpaired) electrons. The van der Waals surface area contributed by atoms with Gasteiger partial charge in [0.1, 0.15) is 11.5 Å². The van der Waals surface area contributed by atoms with Gasteiger partial charge in [0.2, 0.25) is 0 Å². The van der Waals surface area contributed by atoms with Gasteiger partial charge in [-0.15, -0.1) is 0 Å². The third-order valence-corrected chi connectivity index (χ3v) is 4.03. The molecule has 0 aliphatic carbocycles. The number of furan rings is 1. The Morgan fingerprint density at radius 1 is 1.18 bits per heavy atom. The van der Waals surface area contributed by atoms with Gasteiger partial charge in [-0.05, 0) is 30.7 Å². The highest BCUT2D eigenvalue weighted by molar-refractivity contribution is 7.84. The summed E-state index contributed by atoms with van der Waals surface area (Å²) in [4.78, 5) is 0.859. The zero-order valence-electron chi connectivity index (χ0n) is 9.68. The van der Waals surface area contributed by atoms with Crippen LogP contribution in [-0.2, 0) is 23.1 Å². The van der Waals surface area contributed by atoms with Gasteiger partial charge < -0.3 is 10.2 Å². The monoisotopic (exact) mass is 249 g/mol. The summed E-state index contributed by atoms with van der Waals surface area (Å²) in [6.07, 6.45) is 0. The van der Waals surface area contributed by atoms with Gasteiger partial charge in [0, 0.05) is 4.90 Å². The molecule has 1 aromatic carbocycles. The Hall–Kier alpha value is -1.39. The summed E-state index contributed by atoms with van der Waals surface area (Å²) in [6.45, 7) is 2.33. The standard InChI is InChI=1S/C13H15NO2S/c1-10-4-2-3-5-13(10)17(15)9-12-7-6-11(8-14)16-12/h2-7H,8-9,14H2,1H3. The Morgan fingerprint density at radius 3 is 2.53 bits per heavy atom. The summed E-state index contributed by atoms with van der Waals surface area (Å²) >= 11 is 0. The van der Waals surface area contributed by atoms with E-state index >= 15 is 0 Å². The van der Waals surface area contributed by atoms with Gasteiger partial charge in [0.05, 0.1) is 23.1 Å². The molecule has 1 heterocycles. The lowest BCUT2D eigenvalue weighted by Crippen LogP contribution is -1.98. The predicted octanol–water partition coefficient (Wildman–Crippen LogP) is 2.35. The van der Waals surface area contributed by atoms with Gasteiger partial charge in [-0.2, -0.15) is 0 Å². The van der Waals surface area contributed by atoms with Crippen LogP contribution in [0.3, 0.4) is 0 Å². The quantitative estimate of drug-likeness (QED) is 0.905. The first-order chi connectivity index (χ1) is 8.20. The molecule has 2 N–H and O–H groups in total. The summed E-state index contributed by atoms with van der Waals surface area (Å²) in [5.74, 6) is 1.83. The molecular formula is C13H15NO2S. The van der Waals surface area contributed by atoms with E-state index in [1.165, 1.54) is 0 Å². The Morgan fingerprint density at radius 2 is 1.88 bits per heavy atom. The number of hydrogen-bond donors (Lipinski definition) is 1. The van der Waals surface area contributed by atoms with Crippen molar-refractivity contribution in [3.63, 3.8) is 0 Å². The third kappa shape index (κ3) is 2.84. The van der Waals surface area contributed by atoms with E-state index in [4.69, 9.17) is 10.2 Å². The lowest BCUT2D eigenvalue weighted by molar-refractivity contribution is 0.481. The molecule has 0 amide bonds. The fourth-order valence-electron chi connectivity index (χ4n) is 1.63. The lowest BCUT2D eigenvalue weighted by Gasteiger charge is -2.03. The second-order valence-electron chi connectivity index (χ2n) is 3.83. The molecule has 0 saturated carbocycles. The molecule has 2 rings (SSSR count). The maximum absolute atomic E-state index is 12.2. The molecule has 0 saturated heterocycles. The van der Waals surface area contributed by atoms with Crippen LogP contribution in [0.25, 0.3) is 0 Å². The number of benzene rings is 1. The normalized spacial score (nSPS) is 12.6. The molecule has 0 bridgehead atoms. The molecule has 2 aromatic rings. The average Bonchev–Trinajstić information content (AvgIpc) is 2.77. The summed E-state index contributed by atoms with van der Waals surface area (Å²) in [5.41, 5.74) is 6.50. The van der Waals surface area contributed by atoms with E-state index in [-0.39, 0.29) is 0 Å². The predicted molar refractivity (Wildman–Crippen MR) is 67.9 cm³/mol. The number of nitrogens with two attached hydrogens (primary N) is 1. The van der Waals surface area contributed by atoms with Crippen molar-refractivity contribution in [1.29, 1.82) is 0 Å². The second kappa shape index (κ2) is 5.29. The van der Waals surface area contributed by atoms with Crippen LogP contribution >= 0.6 is 0 Å². The first kappa shape index (κ1) is 12.1. The van der Waals surface area contributed by atoms with E-state index < -0.39 is 10.8 Å². The van der Waals surface area contributed by atoms with E-state index in [2.05, 4.69) is 0 Å². The molecule has 3 nitrogen and oxygen atoms in total. The second-order valence-corrected chi connectivity index (χ2v) is 5.25. The zero-order chi connectivity index (χ0) is 12.3. The van der Waals surface area contributed by atoms with Crippen molar-refractivity contribution in [1.82, 2.24) is 0 Å². The highest BCUT2D eigenvalue weighted by Crippen LogP contribution is 2.17. The molecular weight excluding hydrogens is 234 g/mol. The molecule has 1 atom stereocenters. The first-order valence-corrected chi connectivity index (χ1v) is 6.74. The molecule has 1 unspecified atom stereocenters. The van der Waals surface area contributed by atoms with Crippen molar-refractivity contribution >= 4 is 10.8 Å². The van der Waals surface area contributed by atoms with Crippen molar-refractivity contribution in [3.05, 3.63) is 53.5 Å². The smallest absolute Gasteiger partial charge is 0.117 e. The zero-order valence-corrected chi connectivity index (χ0v) is 10.5. The fraction of sp³-hybridized carbons (Fsp3) is 0.231. The van der Waals surface area contributed by atoms with E-state index in [0.29, 0.717) is 18.1 Å². The van der Waals surface area contributed by atoms with Gasteiger partial charge in [0.15, 0.2) is 0 Å². The van der Waals surface area contributed by atoms with Gasteiger partial charge >= 0.3 is 0 Å². The minimum Gasteiger partial charge on any atom is -0.464 e. The Labute approximate surface area is 103 Å². The molecule has 17 heavy (non-hydrogen) atoms. The summed E-state index contributed by atoms with van der Waals surface area (Å²) in [6, 6.07) is 11.3. The lowest BCUT2D eigenvalue weighted by atomic mass is 10.2. The maximum atomic E-state index is 12.2. The summed E-state index contributed by atoms with van der Waals surface area (Å²) in [5, 5.41) is 0. The Bertz CT molecular complexity index is 534. The summed E-state index contributed by atoms with van der Waals surface area (Å²) < 4.78 is 17.6. The van der Waals surface area contributed by atoms with Crippen molar-refractivity contribution in [3.8, 4) is 0 Å². The number of aryl methyl sites for hydroxylation is 1. The van der Waals surface area contributed by atoms with Crippen LogP contribution in [0.15, 0.2) is 45.7 Å². The molecule has 0 fully saturated rings. The maximum Gasteiger partial charge on any atom is 0.117 e. The van der Waals surface area contributed by atoms with Crippen molar-refractivity contribution in [2.45, 2.75) is 24.1 Å². The van der Waals surface area contributed by atoms with E-state index in [1.807, 2.05) is 43.3 Å². The van der Waals surface area contributed by atoms with Crippen LogP contribution in [0.5, 0.6) is 0 Å². The van der Waals surface area contributed by atoms with Crippen LogP contribution in [0.1, 0.15) is 17.1 Å². The van der Waals surface area contributed by atoms with Crippen LogP contribution in [0, 0.1) is 6.92 Å². The minimum atomic E-state index is -1.07. The van der Waals surface area contributed by atoms with Crippen molar-refractivity contribution in [2.75, 3.05) is 0 Å². The van der Waals surface area contributed by atoms with Gasteiger partial charge in [0.25, 0.3) is 0 Å². The topological polar surface area (TPSA) is 56.2 Å². The summed E-state index contributed by atoms with van der Waals surface area (Å²) in [7, 11) is -1.07. The van der Waals surface area contributed by atoms with Crippen LogP contribution in [-0.4, -0.2) is 4.21 Å². The molecule has 0 aliphatic rings. The van der Waals surface area contributed by atoms with E-state index in [9.17, 15) is 4.21 Å².